The summed E-state index contributed by atoms with van der Waals surface area (Å²) in [5.74, 6) is 0.970. The molecule has 1 rings (SSSR count). The molecule has 0 saturated carbocycles. The molecular weight excluding hydrogens is 186 g/mol. The smallest absolute Gasteiger partial charge is 0.123 e. The van der Waals surface area contributed by atoms with E-state index < -0.39 is 0 Å². The van der Waals surface area contributed by atoms with Gasteiger partial charge in [-0.2, -0.15) is 0 Å². The van der Waals surface area contributed by atoms with Crippen molar-refractivity contribution in [1.82, 2.24) is 5.32 Å². The highest BCUT2D eigenvalue weighted by Crippen LogP contribution is 2.26. The Labute approximate surface area is 92.6 Å². The highest BCUT2D eigenvalue weighted by molar-refractivity contribution is 5.35. The molecule has 1 aromatic rings. The van der Waals surface area contributed by atoms with E-state index in [-0.39, 0.29) is 0 Å². The van der Waals surface area contributed by atoms with E-state index in [9.17, 15) is 0 Å². The lowest BCUT2D eigenvalue weighted by Gasteiger charge is -2.22. The number of hydrogen-bond acceptors (Lipinski definition) is 2. The zero-order valence-corrected chi connectivity index (χ0v) is 10.1. The lowest BCUT2D eigenvalue weighted by molar-refractivity contribution is 0.390. The molecule has 0 bridgehead atoms. The SMILES string of the molecule is CCC(NC(C)C)c1ccccc1OC. The van der Waals surface area contributed by atoms with Gasteiger partial charge in [-0.1, -0.05) is 39.0 Å². The van der Waals surface area contributed by atoms with Gasteiger partial charge in [-0.15, -0.1) is 0 Å². The van der Waals surface area contributed by atoms with Crippen molar-refractivity contribution in [2.24, 2.45) is 0 Å². The van der Waals surface area contributed by atoms with Crippen molar-refractivity contribution >= 4 is 0 Å². The highest BCUT2D eigenvalue weighted by Gasteiger charge is 2.13. The Balaban J connectivity index is 2.90. The molecule has 0 spiro atoms. The molecule has 84 valence electrons. The molecule has 0 heterocycles. The highest BCUT2D eigenvalue weighted by atomic mass is 16.5. The van der Waals surface area contributed by atoms with E-state index in [1.165, 1.54) is 5.56 Å². The van der Waals surface area contributed by atoms with Crippen LogP contribution in [0.15, 0.2) is 24.3 Å². The minimum Gasteiger partial charge on any atom is -0.496 e. The Bertz CT molecular complexity index is 296. The molecule has 0 aliphatic carbocycles. The van der Waals surface area contributed by atoms with Gasteiger partial charge in [-0.3, -0.25) is 0 Å². The summed E-state index contributed by atoms with van der Waals surface area (Å²) >= 11 is 0. The second-order valence-corrected chi connectivity index (χ2v) is 4.02. The first-order valence-corrected chi connectivity index (χ1v) is 5.58. The van der Waals surface area contributed by atoms with Crippen LogP contribution >= 0.6 is 0 Å². The first kappa shape index (κ1) is 12.1. The van der Waals surface area contributed by atoms with Gasteiger partial charge in [0.05, 0.1) is 7.11 Å². The van der Waals surface area contributed by atoms with Gasteiger partial charge in [-0.05, 0) is 12.5 Å². The Morgan fingerprint density at radius 1 is 1.27 bits per heavy atom. The second kappa shape index (κ2) is 5.76. The monoisotopic (exact) mass is 207 g/mol. The van der Waals surface area contributed by atoms with Gasteiger partial charge in [0.25, 0.3) is 0 Å². The summed E-state index contributed by atoms with van der Waals surface area (Å²) in [5, 5.41) is 3.54. The molecule has 0 amide bonds. The standard InChI is InChI=1S/C13H21NO/c1-5-12(14-10(2)3)11-8-6-7-9-13(11)15-4/h6-10,12,14H,5H2,1-4H3. The Morgan fingerprint density at radius 3 is 2.47 bits per heavy atom. The van der Waals surface area contributed by atoms with Crippen molar-refractivity contribution in [3.8, 4) is 5.75 Å². The molecular formula is C13H21NO. The van der Waals surface area contributed by atoms with Crippen molar-refractivity contribution in [3.63, 3.8) is 0 Å². The molecule has 0 aliphatic rings. The normalized spacial score (nSPS) is 12.9. The summed E-state index contributed by atoms with van der Waals surface area (Å²) in [7, 11) is 1.72. The van der Waals surface area contributed by atoms with Gasteiger partial charge in [0.2, 0.25) is 0 Å². The fourth-order valence-corrected chi connectivity index (χ4v) is 1.78. The number of hydrogen-bond donors (Lipinski definition) is 1. The Hall–Kier alpha value is -1.02. The van der Waals surface area contributed by atoms with Crippen LogP contribution in [0, 0.1) is 0 Å². The maximum Gasteiger partial charge on any atom is 0.123 e. The summed E-state index contributed by atoms with van der Waals surface area (Å²) in [6, 6.07) is 9.07. The summed E-state index contributed by atoms with van der Waals surface area (Å²) in [6.45, 7) is 6.52. The van der Waals surface area contributed by atoms with Gasteiger partial charge in [0, 0.05) is 17.6 Å². The van der Waals surface area contributed by atoms with E-state index in [1.807, 2.05) is 12.1 Å². The van der Waals surface area contributed by atoms with Gasteiger partial charge < -0.3 is 10.1 Å². The number of benzene rings is 1. The third-order valence-electron chi connectivity index (χ3n) is 2.46. The molecule has 1 unspecified atom stereocenters. The summed E-state index contributed by atoms with van der Waals surface area (Å²) in [4.78, 5) is 0. The van der Waals surface area contributed by atoms with Crippen LogP contribution < -0.4 is 10.1 Å². The van der Waals surface area contributed by atoms with Crippen LogP contribution in [0.3, 0.4) is 0 Å². The zero-order chi connectivity index (χ0) is 11.3. The van der Waals surface area contributed by atoms with Crippen molar-refractivity contribution in [2.45, 2.75) is 39.3 Å². The third-order valence-corrected chi connectivity index (χ3v) is 2.46. The van der Waals surface area contributed by atoms with Gasteiger partial charge in [0.15, 0.2) is 0 Å². The quantitative estimate of drug-likeness (QED) is 0.801. The topological polar surface area (TPSA) is 21.3 Å². The van der Waals surface area contributed by atoms with Crippen molar-refractivity contribution < 1.29 is 4.74 Å². The second-order valence-electron chi connectivity index (χ2n) is 4.02. The van der Waals surface area contributed by atoms with Crippen molar-refractivity contribution in [1.29, 1.82) is 0 Å². The molecule has 0 fully saturated rings. The fourth-order valence-electron chi connectivity index (χ4n) is 1.78. The Kier molecular flexibility index (Phi) is 4.63. The van der Waals surface area contributed by atoms with Crippen molar-refractivity contribution in [2.75, 3.05) is 7.11 Å². The van der Waals surface area contributed by atoms with E-state index in [0.717, 1.165) is 12.2 Å². The van der Waals surface area contributed by atoms with E-state index in [1.54, 1.807) is 7.11 Å². The number of para-hydroxylation sites is 1. The molecule has 0 aromatic heterocycles. The predicted molar refractivity (Wildman–Crippen MR) is 64.3 cm³/mol. The first-order chi connectivity index (χ1) is 7.19. The Morgan fingerprint density at radius 2 is 1.93 bits per heavy atom. The molecule has 15 heavy (non-hydrogen) atoms. The average Bonchev–Trinajstić information content (AvgIpc) is 2.25. The van der Waals surface area contributed by atoms with Crippen molar-refractivity contribution in [3.05, 3.63) is 29.8 Å². The minimum atomic E-state index is 0.376. The van der Waals surface area contributed by atoms with Crippen LogP contribution in [-0.2, 0) is 0 Å². The summed E-state index contributed by atoms with van der Waals surface area (Å²) in [6.07, 6.45) is 1.07. The number of rotatable bonds is 5. The molecule has 0 aliphatic heterocycles. The maximum atomic E-state index is 5.37. The number of methoxy groups -OCH3 is 1. The third kappa shape index (κ3) is 3.24. The largest absolute Gasteiger partial charge is 0.496 e. The van der Waals surface area contributed by atoms with Gasteiger partial charge in [0.1, 0.15) is 5.75 Å². The van der Waals surface area contributed by atoms with Crippen LogP contribution in [0.25, 0.3) is 0 Å². The summed E-state index contributed by atoms with van der Waals surface area (Å²) in [5.41, 5.74) is 1.25. The van der Waals surface area contributed by atoms with E-state index >= 15 is 0 Å². The average molecular weight is 207 g/mol. The lowest BCUT2D eigenvalue weighted by Crippen LogP contribution is -2.27. The first-order valence-electron chi connectivity index (χ1n) is 5.58. The van der Waals surface area contributed by atoms with Gasteiger partial charge in [-0.25, -0.2) is 0 Å². The number of nitrogens with one attached hydrogen (secondary N) is 1. The fraction of sp³-hybridized carbons (Fsp3) is 0.538. The van der Waals surface area contributed by atoms with Crippen LogP contribution in [0.1, 0.15) is 38.8 Å². The molecule has 2 heteroatoms. The summed E-state index contributed by atoms with van der Waals surface area (Å²) < 4.78 is 5.37. The molecule has 0 saturated heterocycles. The minimum absolute atomic E-state index is 0.376. The van der Waals surface area contributed by atoms with E-state index in [0.29, 0.717) is 12.1 Å². The molecule has 2 nitrogen and oxygen atoms in total. The lowest BCUT2D eigenvalue weighted by atomic mass is 10.0. The molecule has 1 aromatic carbocycles. The predicted octanol–water partition coefficient (Wildman–Crippen LogP) is 3.14. The molecule has 1 atom stereocenters. The zero-order valence-electron chi connectivity index (χ0n) is 10.1. The van der Waals surface area contributed by atoms with Gasteiger partial charge >= 0.3 is 0 Å². The molecule has 1 N–H and O–H groups in total. The van der Waals surface area contributed by atoms with E-state index in [2.05, 4.69) is 38.2 Å². The molecule has 0 radical (unpaired) electrons. The van der Waals surface area contributed by atoms with Crippen LogP contribution in [0.2, 0.25) is 0 Å². The van der Waals surface area contributed by atoms with Crippen LogP contribution in [0.5, 0.6) is 5.75 Å². The van der Waals surface area contributed by atoms with E-state index in [4.69, 9.17) is 4.74 Å². The maximum absolute atomic E-state index is 5.37. The van der Waals surface area contributed by atoms with Crippen LogP contribution in [0.4, 0.5) is 0 Å². The number of ether oxygens (including phenoxy) is 1. The van der Waals surface area contributed by atoms with Crippen LogP contribution in [-0.4, -0.2) is 13.2 Å².